The Hall–Kier alpha value is -0.710. The maximum absolute atomic E-state index is 11.2. The van der Waals surface area contributed by atoms with Gasteiger partial charge in [0.15, 0.2) is 0 Å². The fourth-order valence-corrected chi connectivity index (χ4v) is 2.13. The van der Waals surface area contributed by atoms with Gasteiger partial charge in [-0.1, -0.05) is 6.58 Å². The molecule has 1 unspecified atom stereocenters. The molecule has 0 bridgehead atoms. The van der Waals surface area contributed by atoms with E-state index in [2.05, 4.69) is 23.2 Å². The summed E-state index contributed by atoms with van der Waals surface area (Å²) in [6.07, 6.45) is 1.05. The molecule has 0 aromatic carbocycles. The molecule has 8 nitrogen and oxygen atoms in total. The Morgan fingerprint density at radius 1 is 1.41 bits per heavy atom. The van der Waals surface area contributed by atoms with E-state index in [4.69, 9.17) is 9.66 Å². The maximum atomic E-state index is 11.2. The third kappa shape index (κ3) is 11.9. The Balaban J connectivity index is 0. The number of amides is 1. The van der Waals surface area contributed by atoms with E-state index in [0.717, 1.165) is 6.08 Å². The van der Waals surface area contributed by atoms with Crippen LogP contribution in [0.1, 0.15) is 13.8 Å². The first-order valence-electron chi connectivity index (χ1n) is 6.30. The van der Waals surface area contributed by atoms with E-state index in [1.807, 2.05) is 0 Å². The summed E-state index contributed by atoms with van der Waals surface area (Å²) in [5, 5.41) is 9.05. The van der Waals surface area contributed by atoms with E-state index in [0.29, 0.717) is 30.8 Å². The van der Waals surface area contributed by atoms with Crippen LogP contribution < -0.4 is 5.32 Å². The number of rotatable bonds is 7. The number of aliphatic hydroxyl groups is 1. The number of carbonyl (C=O) groups is 2. The summed E-state index contributed by atoms with van der Waals surface area (Å²) in [5.41, 5.74) is 0. The summed E-state index contributed by atoms with van der Waals surface area (Å²) in [6.45, 7) is 9.67. The van der Waals surface area contributed by atoms with Gasteiger partial charge in [0, 0.05) is 6.08 Å². The van der Waals surface area contributed by atoms with Crippen LogP contribution in [-0.2, 0) is 24.4 Å². The van der Waals surface area contributed by atoms with Gasteiger partial charge in [-0.15, -0.1) is 0 Å². The molecule has 10 heteroatoms. The Morgan fingerprint density at radius 2 is 1.91 bits per heavy atom. The van der Waals surface area contributed by atoms with Gasteiger partial charge in [0.05, 0.1) is 6.61 Å². The number of ether oxygens (including phenoxy) is 1. The molecule has 1 amide bonds. The summed E-state index contributed by atoms with van der Waals surface area (Å²) >= 11 is 0.458. The minimum atomic E-state index is -4.25. The number of esters is 1. The fourth-order valence-electron chi connectivity index (χ4n) is 1.04. The van der Waals surface area contributed by atoms with E-state index < -0.39 is 33.3 Å². The van der Waals surface area contributed by atoms with Crippen molar-refractivity contribution >= 4 is 49.9 Å². The molecule has 3 N–H and O–H groups in total. The van der Waals surface area contributed by atoms with Crippen LogP contribution >= 0.6 is 0 Å². The Morgan fingerprint density at radius 3 is 2.18 bits per heavy atom. The molecule has 0 aliphatic carbocycles. The molecule has 0 rings (SSSR count). The van der Waals surface area contributed by atoms with Gasteiger partial charge in [-0.2, -0.15) is 0 Å². The van der Waals surface area contributed by atoms with Gasteiger partial charge in [0.1, 0.15) is 6.61 Å². The van der Waals surface area contributed by atoms with E-state index in [9.17, 15) is 18.0 Å². The van der Waals surface area contributed by atoms with Crippen LogP contribution in [-0.4, -0.2) is 76.5 Å². The number of nitrogens with one attached hydrogen (secondary N) is 1. The molecule has 0 radical (unpaired) electrons. The van der Waals surface area contributed by atoms with Gasteiger partial charge in [0.2, 0.25) is 0 Å². The van der Waals surface area contributed by atoms with Crippen molar-refractivity contribution in [2.45, 2.75) is 19.2 Å². The van der Waals surface area contributed by atoms with Crippen LogP contribution in [0.15, 0.2) is 22.1 Å². The molecule has 22 heavy (non-hydrogen) atoms. The van der Waals surface area contributed by atoms with Crippen molar-refractivity contribution in [2.24, 2.45) is 5.92 Å². The molecule has 0 aliphatic heterocycles. The van der Waals surface area contributed by atoms with Crippen LogP contribution in [0.5, 0.6) is 0 Å². The summed E-state index contributed by atoms with van der Waals surface area (Å²) < 4.78 is 35.2. The molecule has 0 aromatic heterocycles. The van der Waals surface area contributed by atoms with Gasteiger partial charge in [-0.3, -0.25) is 0 Å². The molecule has 0 fully saturated rings. The molecule has 1 atom stereocenters. The van der Waals surface area contributed by atoms with E-state index in [1.165, 1.54) is 0 Å². The zero-order valence-corrected chi connectivity index (χ0v) is 15.7. The molecular formula is C12H20NNaO7S. The fraction of sp³-hybridized carbons (Fsp3) is 0.500. The van der Waals surface area contributed by atoms with Gasteiger partial charge >= 0.3 is 108 Å². The van der Waals surface area contributed by atoms with Gasteiger partial charge in [-0.25, -0.2) is 4.79 Å². The second kappa shape index (κ2) is 11.8. The normalized spacial score (nSPS) is 11.8. The second-order valence-corrected chi connectivity index (χ2v) is 7.27. The van der Waals surface area contributed by atoms with Crippen molar-refractivity contribution in [3.8, 4) is 0 Å². The summed E-state index contributed by atoms with van der Waals surface area (Å²) in [6, 6.07) is 0. The van der Waals surface area contributed by atoms with Crippen molar-refractivity contribution in [1.29, 1.82) is 0 Å². The summed E-state index contributed by atoms with van der Waals surface area (Å²) in [4.78, 5) is 21.3. The van der Waals surface area contributed by atoms with Gasteiger partial charge in [0.25, 0.3) is 0 Å². The predicted octanol–water partition coefficient (Wildman–Crippen LogP) is -0.637. The van der Waals surface area contributed by atoms with Crippen molar-refractivity contribution < 1.29 is 32.4 Å². The molecule has 122 valence electrons. The van der Waals surface area contributed by atoms with Crippen LogP contribution in [0, 0.1) is 5.92 Å². The molecule has 0 saturated heterocycles. The summed E-state index contributed by atoms with van der Waals surface area (Å²) in [5.74, 6) is -1.41. The first kappa shape index (κ1) is 23.6. The Bertz CT molecular complexity index is 502. The predicted molar refractivity (Wildman–Crippen MR) is 81.5 cm³/mol. The first-order valence-corrected chi connectivity index (χ1v) is 8.80. The zero-order valence-electron chi connectivity index (χ0n) is 12.9. The summed E-state index contributed by atoms with van der Waals surface area (Å²) in [7, 11) is -4.25. The zero-order chi connectivity index (χ0) is 17.9. The van der Waals surface area contributed by atoms with E-state index in [1.54, 1.807) is 13.8 Å². The molecule has 0 saturated carbocycles. The third-order valence-electron chi connectivity index (χ3n) is 2.09. The Labute approximate surface area is 147 Å². The standard InChI is InChI=1S/C7H12NO4S.C5H8O3.Na/c1-4-6(9)8-7(5(2)3)13(10,11)12;1-2-5(7)8-4-3-6;/h5,7H,1H2,2-3H3,(H,8,9)(H,10,11,12);2,6H,1,3-4H2;. The minimum absolute atomic E-state index is 0.0465. The number of hydrogen-bond acceptors (Lipinski definition) is 6. The quantitative estimate of drug-likeness (QED) is 0.242. The molecule has 0 heterocycles. The van der Waals surface area contributed by atoms with Crippen molar-refractivity contribution in [2.75, 3.05) is 13.2 Å². The Kier molecular flexibility index (Phi) is 12.6. The van der Waals surface area contributed by atoms with Crippen LogP contribution in [0.3, 0.4) is 0 Å². The molecular weight excluding hydrogens is 325 g/mol. The van der Waals surface area contributed by atoms with E-state index in [-0.39, 0.29) is 13.2 Å². The molecule has 0 aromatic rings. The topological polar surface area (TPSA) is 130 Å². The van der Waals surface area contributed by atoms with Gasteiger partial charge in [-0.05, 0) is 0 Å². The average Bonchev–Trinajstić information content (AvgIpc) is 2.40. The first-order chi connectivity index (χ1) is 9.97. The average molecular weight is 345 g/mol. The number of hydrogen-bond donors (Lipinski definition) is 3. The number of aliphatic hydroxyl groups excluding tert-OH is 1. The monoisotopic (exact) mass is 345 g/mol. The third-order valence-corrected chi connectivity index (χ3v) is 3.85. The number of carbonyl (C=O) groups excluding carboxylic acids is 2. The molecule has 0 spiro atoms. The van der Waals surface area contributed by atoms with Crippen LogP contribution in [0.25, 0.3) is 0 Å². The van der Waals surface area contributed by atoms with Crippen LogP contribution in [0.2, 0.25) is 0 Å². The van der Waals surface area contributed by atoms with Crippen LogP contribution in [0.4, 0.5) is 0 Å². The van der Waals surface area contributed by atoms with Gasteiger partial charge < -0.3 is 9.84 Å². The SMILES string of the molecule is C=CC(=O)OCCO.C=[C]([Na])C(=O)NC(C(C)C)S(=O)(=O)O. The van der Waals surface area contributed by atoms with Crippen molar-refractivity contribution in [3.63, 3.8) is 0 Å². The molecule has 0 aliphatic rings. The van der Waals surface area contributed by atoms with Crippen molar-refractivity contribution in [3.05, 3.63) is 22.1 Å². The van der Waals surface area contributed by atoms with E-state index >= 15 is 0 Å². The van der Waals surface area contributed by atoms with Crippen molar-refractivity contribution in [1.82, 2.24) is 5.32 Å². The second-order valence-electron chi connectivity index (χ2n) is 4.53.